The first kappa shape index (κ1) is 32.9. The fraction of sp³-hybridized carbons (Fsp3) is 0.545. The van der Waals surface area contributed by atoms with Crippen molar-refractivity contribution < 1.29 is 46.5 Å². The molecular formula is C22H27FN10O10P2S2. The predicted octanol–water partition coefficient (Wildman–Crippen LogP) is 0.470. The summed E-state index contributed by atoms with van der Waals surface area (Å²) >= 11 is 9.38. The van der Waals surface area contributed by atoms with Gasteiger partial charge in [0.2, 0.25) is 5.95 Å². The molecule has 0 saturated carbocycles. The zero-order valence-electron chi connectivity index (χ0n) is 24.2. The topological polar surface area (TPSA) is 272 Å². The molecule has 0 radical (unpaired) electrons. The molecule has 0 aromatic carbocycles. The van der Waals surface area contributed by atoms with Gasteiger partial charge in [-0.1, -0.05) is 12.2 Å². The van der Waals surface area contributed by atoms with Crippen molar-refractivity contribution in [1.82, 2.24) is 39.0 Å². The smallest absolute Gasteiger partial charge is 0.385 e. The summed E-state index contributed by atoms with van der Waals surface area (Å²) in [4.78, 5) is 46.2. The van der Waals surface area contributed by atoms with Gasteiger partial charge in [0.1, 0.15) is 41.4 Å². The highest BCUT2D eigenvalue weighted by Gasteiger charge is 2.65. The number of aromatic amines is 1. The second-order valence-electron chi connectivity index (χ2n) is 11.3. The highest BCUT2D eigenvalue weighted by Crippen LogP contribution is 2.62. The minimum absolute atomic E-state index is 0.0734. The highest BCUT2D eigenvalue weighted by atomic mass is 32.7. The number of aromatic nitrogens is 8. The van der Waals surface area contributed by atoms with Crippen LogP contribution in [0.2, 0.25) is 0 Å². The van der Waals surface area contributed by atoms with E-state index in [0.717, 1.165) is 10.9 Å². The van der Waals surface area contributed by atoms with Crippen molar-refractivity contribution in [2.45, 2.75) is 62.0 Å². The number of hydrogen-bond donors (Lipinski definition) is 6. The number of imidazole rings is 2. The molecule has 7 rings (SSSR count). The number of alkyl halides is 1. The van der Waals surface area contributed by atoms with Gasteiger partial charge in [0.25, 0.3) is 5.56 Å². The Kier molecular flexibility index (Phi) is 7.82. The summed E-state index contributed by atoms with van der Waals surface area (Å²) in [6.45, 7) is -7.43. The van der Waals surface area contributed by atoms with Crippen LogP contribution >= 0.6 is 25.8 Å². The lowest BCUT2D eigenvalue weighted by molar-refractivity contribution is -0.141. The number of ether oxygens (including phenoxy) is 2. The van der Waals surface area contributed by atoms with Crippen LogP contribution in [-0.4, -0.2) is 97.9 Å². The number of thiol groups is 1. The maximum atomic E-state index is 16.0. The van der Waals surface area contributed by atoms with E-state index in [2.05, 4.69) is 42.2 Å². The molecule has 2 bridgehead atoms. The number of halogens is 1. The summed E-state index contributed by atoms with van der Waals surface area (Å²) in [5, 5.41) is 11.7. The minimum atomic E-state index is -4.52. The predicted molar refractivity (Wildman–Crippen MR) is 165 cm³/mol. The Morgan fingerprint density at radius 1 is 1.13 bits per heavy atom. The first-order chi connectivity index (χ1) is 22.0. The van der Waals surface area contributed by atoms with Crippen molar-refractivity contribution in [2.24, 2.45) is 0 Å². The van der Waals surface area contributed by atoms with E-state index in [4.69, 9.17) is 50.8 Å². The number of nitrogen functional groups attached to an aromatic ring is 2. The second-order valence-corrected chi connectivity index (χ2v) is 17.0. The van der Waals surface area contributed by atoms with Gasteiger partial charge in [-0.3, -0.25) is 32.5 Å². The summed E-state index contributed by atoms with van der Waals surface area (Å²) in [5.41, 5.74) is 7.43. The molecule has 0 amide bonds. The molecule has 3 aliphatic rings. The summed E-state index contributed by atoms with van der Waals surface area (Å²) in [5.74, 6) is -0.183. The van der Waals surface area contributed by atoms with Gasteiger partial charge in [-0.25, -0.2) is 28.9 Å². The van der Waals surface area contributed by atoms with Crippen molar-refractivity contribution in [3.63, 3.8) is 0 Å². The van der Waals surface area contributed by atoms with E-state index in [1.54, 1.807) is 0 Å². The van der Waals surface area contributed by atoms with Crippen LogP contribution < -0.4 is 17.0 Å². The first-order valence-electron chi connectivity index (χ1n) is 13.7. The fourth-order valence-corrected chi connectivity index (χ4v) is 9.06. The van der Waals surface area contributed by atoms with Crippen LogP contribution in [0.3, 0.4) is 0 Å². The normalized spacial score (nSPS) is 39.8. The van der Waals surface area contributed by atoms with Gasteiger partial charge in [0.05, 0.1) is 25.9 Å². The highest BCUT2D eigenvalue weighted by molar-refractivity contribution is 8.44. The number of fused-ring (bicyclic) bond motifs is 5. The third kappa shape index (κ3) is 5.38. The van der Waals surface area contributed by atoms with Crippen molar-refractivity contribution in [3.8, 4) is 0 Å². The maximum absolute atomic E-state index is 16.0. The number of nitrogens with one attached hydrogen (secondary N) is 1. The first-order valence-corrected chi connectivity index (χ1v) is 19.0. The molecule has 4 aromatic heterocycles. The van der Waals surface area contributed by atoms with Crippen LogP contribution in [0.5, 0.6) is 0 Å². The quantitative estimate of drug-likeness (QED) is 0.121. The van der Waals surface area contributed by atoms with E-state index in [1.165, 1.54) is 31.1 Å². The van der Waals surface area contributed by atoms with Crippen LogP contribution in [0.4, 0.5) is 16.2 Å². The third-order valence-corrected chi connectivity index (χ3v) is 11.6. The van der Waals surface area contributed by atoms with Gasteiger partial charge < -0.3 is 35.5 Å². The number of anilines is 2. The summed E-state index contributed by atoms with van der Waals surface area (Å²) in [6.07, 6.45) is -6.06. The van der Waals surface area contributed by atoms with Gasteiger partial charge in [-0.15, -0.1) is 0 Å². The lowest BCUT2D eigenvalue weighted by Crippen LogP contribution is -2.56. The Morgan fingerprint density at radius 2 is 1.83 bits per heavy atom. The molecule has 4 aromatic rings. The number of aliphatic hydroxyl groups excluding tert-OH is 1. The fourth-order valence-electron chi connectivity index (χ4n) is 5.74. The molecule has 3 saturated heterocycles. The zero-order chi connectivity index (χ0) is 33.7. The molecule has 47 heavy (non-hydrogen) atoms. The van der Waals surface area contributed by atoms with Crippen molar-refractivity contribution >= 4 is 71.7 Å². The van der Waals surface area contributed by atoms with E-state index >= 15 is 4.39 Å². The Labute approximate surface area is 272 Å². The average molecular weight is 737 g/mol. The van der Waals surface area contributed by atoms with Crippen molar-refractivity contribution in [2.75, 3.05) is 24.7 Å². The van der Waals surface area contributed by atoms with Crippen LogP contribution in [0.15, 0.2) is 23.8 Å². The van der Waals surface area contributed by atoms with E-state index in [9.17, 15) is 19.4 Å². The van der Waals surface area contributed by atoms with Crippen molar-refractivity contribution in [3.05, 3.63) is 29.3 Å². The maximum Gasteiger partial charge on any atom is 0.386 e. The standard InChI is InChI=1S/C22H27FN10O10P2S2/c1-21-4-39-44(36,46)42-12-9(23)8(40-18(12)33-7-29-11-16(33)30-20(25)31-17(11)35)3-38-45(37,47)43-22(21,2)13(34)19(41-21)32-6-28-10-14(24)26-5-27-15(10)32/h5-9,12-13,18-19,34H,3-4H2,1-2H3,(H,36,46)(H,37,47)(H2,24,26,27)(H3,25,30,31,35)/t8-,9-,12+,13+,18-,19-,21-,22?,44?,45?/m1/s1. The number of rotatable bonds is 2. The lowest BCUT2D eigenvalue weighted by atomic mass is 9.84. The van der Waals surface area contributed by atoms with Crippen LogP contribution in [0.25, 0.3) is 22.3 Å². The van der Waals surface area contributed by atoms with Gasteiger partial charge in [0, 0.05) is 0 Å². The van der Waals surface area contributed by atoms with Gasteiger partial charge in [-0.2, -0.15) is 4.98 Å². The zero-order valence-corrected chi connectivity index (χ0v) is 27.7. The molecule has 3 aliphatic heterocycles. The molecule has 25 heteroatoms. The molecular weight excluding hydrogens is 709 g/mol. The molecule has 0 aliphatic carbocycles. The summed E-state index contributed by atoms with van der Waals surface area (Å²) in [7, 11) is 0. The summed E-state index contributed by atoms with van der Waals surface area (Å²) in [6, 6.07) is 0. The number of aliphatic hydroxyl groups is 1. The Balaban J connectivity index is 1.26. The van der Waals surface area contributed by atoms with Crippen LogP contribution in [-0.2, 0) is 43.9 Å². The van der Waals surface area contributed by atoms with Gasteiger partial charge in [0.15, 0.2) is 41.3 Å². The molecule has 3 unspecified atom stereocenters. The number of hydrogen-bond acceptors (Lipinski definition) is 17. The Hall–Kier alpha value is -2.66. The second kappa shape index (κ2) is 11.2. The number of H-pyrrole nitrogens is 1. The van der Waals surface area contributed by atoms with E-state index in [0.29, 0.717) is 0 Å². The van der Waals surface area contributed by atoms with Crippen LogP contribution in [0, 0.1) is 0 Å². The van der Waals surface area contributed by atoms with E-state index < -0.39 is 80.4 Å². The monoisotopic (exact) mass is 736 g/mol. The Morgan fingerprint density at radius 3 is 2.57 bits per heavy atom. The molecule has 10 atom stereocenters. The minimum Gasteiger partial charge on any atom is -0.385 e. The van der Waals surface area contributed by atoms with Crippen LogP contribution in [0.1, 0.15) is 26.3 Å². The average Bonchev–Trinajstić information content (AvgIpc) is 3.72. The van der Waals surface area contributed by atoms with Crippen molar-refractivity contribution in [1.29, 1.82) is 0 Å². The molecule has 7 heterocycles. The molecule has 0 spiro atoms. The number of nitrogens with zero attached hydrogens (tertiary/aromatic N) is 7. The lowest BCUT2D eigenvalue weighted by Gasteiger charge is -2.41. The largest absolute Gasteiger partial charge is 0.386 e. The molecule has 7 N–H and O–H groups in total. The Bertz CT molecular complexity index is 2050. The van der Waals surface area contributed by atoms with E-state index in [-0.39, 0.29) is 34.1 Å². The summed E-state index contributed by atoms with van der Waals surface area (Å²) < 4.78 is 67.1. The third-order valence-electron chi connectivity index (χ3n) is 8.38. The van der Waals surface area contributed by atoms with Gasteiger partial charge in [-0.05, 0) is 25.7 Å². The SMILES string of the molecule is CC12OP(O)(=S)OC[C@H]3O[C@@H](n4cnc5c(=O)[nH]c(N)nc54)[C@@H](OP(=O)(S)OC[C@@]1(C)O[C@@H](n1cnc4c(N)ncnc41)[C@@H]2O)[C@@H]3F. The van der Waals surface area contributed by atoms with E-state index in [1.807, 2.05) is 0 Å². The molecule has 20 nitrogen and oxygen atoms in total. The molecule has 254 valence electrons. The van der Waals surface area contributed by atoms with Gasteiger partial charge >= 0.3 is 13.5 Å². The number of nitrogens with two attached hydrogens (primary N) is 2. The molecule has 3 fully saturated rings.